The van der Waals surface area contributed by atoms with Crippen LogP contribution < -0.4 is 10.6 Å². The number of benzene rings is 2. The molecular formula is C15H14F2N2O2. The highest BCUT2D eigenvalue weighted by Gasteiger charge is 2.12. The van der Waals surface area contributed by atoms with Crippen LogP contribution in [0.2, 0.25) is 0 Å². The van der Waals surface area contributed by atoms with E-state index < -0.39 is 23.8 Å². The maximum absolute atomic E-state index is 13.0. The molecule has 0 aromatic heterocycles. The van der Waals surface area contributed by atoms with Crippen LogP contribution >= 0.6 is 0 Å². The van der Waals surface area contributed by atoms with Gasteiger partial charge in [0.1, 0.15) is 0 Å². The van der Waals surface area contributed by atoms with Crippen molar-refractivity contribution in [3.63, 3.8) is 0 Å². The summed E-state index contributed by atoms with van der Waals surface area (Å²) in [5.74, 6) is -2.03. The Bertz CT molecular complexity index is 620. The van der Waals surface area contributed by atoms with E-state index in [0.717, 1.165) is 12.1 Å². The van der Waals surface area contributed by atoms with Crippen LogP contribution in [-0.4, -0.2) is 17.7 Å². The SMILES string of the molecule is O=C(NC[C@H](O)c1ccc(F)c(F)c1)Nc1ccccc1. The van der Waals surface area contributed by atoms with Gasteiger partial charge in [-0.05, 0) is 29.8 Å². The number of carbonyl (C=O) groups is 1. The molecule has 2 aromatic rings. The predicted molar refractivity (Wildman–Crippen MR) is 74.8 cm³/mol. The molecule has 0 aliphatic rings. The number of carbonyl (C=O) groups excluding carboxylic acids is 1. The second-order valence-corrected chi connectivity index (χ2v) is 4.39. The van der Waals surface area contributed by atoms with Crippen molar-refractivity contribution in [2.24, 2.45) is 0 Å². The smallest absolute Gasteiger partial charge is 0.319 e. The van der Waals surface area contributed by atoms with Crippen molar-refractivity contribution in [1.82, 2.24) is 5.32 Å². The van der Waals surface area contributed by atoms with Gasteiger partial charge >= 0.3 is 6.03 Å². The molecule has 2 amide bonds. The maximum atomic E-state index is 13.0. The number of hydrogen-bond donors (Lipinski definition) is 3. The van der Waals surface area contributed by atoms with Crippen LogP contribution in [0, 0.1) is 11.6 Å². The first-order valence-electron chi connectivity index (χ1n) is 6.29. The minimum Gasteiger partial charge on any atom is -0.387 e. The monoisotopic (exact) mass is 292 g/mol. The Morgan fingerprint density at radius 1 is 1.10 bits per heavy atom. The Morgan fingerprint density at radius 3 is 2.48 bits per heavy atom. The number of anilines is 1. The summed E-state index contributed by atoms with van der Waals surface area (Å²) in [6.07, 6.45) is -1.12. The average Bonchev–Trinajstić information content (AvgIpc) is 2.48. The molecule has 6 heteroatoms. The normalized spacial score (nSPS) is 11.8. The fourth-order valence-corrected chi connectivity index (χ4v) is 1.72. The summed E-state index contributed by atoms with van der Waals surface area (Å²) in [6, 6.07) is 11.4. The van der Waals surface area contributed by atoms with E-state index in [2.05, 4.69) is 10.6 Å². The fourth-order valence-electron chi connectivity index (χ4n) is 1.72. The van der Waals surface area contributed by atoms with E-state index >= 15 is 0 Å². The first-order valence-corrected chi connectivity index (χ1v) is 6.29. The number of amides is 2. The van der Waals surface area contributed by atoms with Crippen molar-refractivity contribution in [3.8, 4) is 0 Å². The van der Waals surface area contributed by atoms with E-state index in [9.17, 15) is 18.7 Å². The molecule has 110 valence electrons. The molecule has 0 spiro atoms. The third-order valence-corrected chi connectivity index (χ3v) is 2.82. The third-order valence-electron chi connectivity index (χ3n) is 2.82. The number of aliphatic hydroxyl groups excluding tert-OH is 1. The summed E-state index contributed by atoms with van der Waals surface area (Å²) < 4.78 is 25.8. The van der Waals surface area contributed by atoms with Gasteiger partial charge in [0, 0.05) is 12.2 Å². The summed E-state index contributed by atoms with van der Waals surface area (Å²) in [4.78, 5) is 11.6. The molecule has 0 aliphatic heterocycles. The average molecular weight is 292 g/mol. The van der Waals surface area contributed by atoms with Crippen molar-refractivity contribution in [1.29, 1.82) is 0 Å². The highest BCUT2D eigenvalue weighted by molar-refractivity contribution is 5.89. The zero-order chi connectivity index (χ0) is 15.2. The predicted octanol–water partition coefficient (Wildman–Crippen LogP) is 2.82. The van der Waals surface area contributed by atoms with Crippen LogP contribution in [0.4, 0.5) is 19.3 Å². The second kappa shape index (κ2) is 6.81. The lowest BCUT2D eigenvalue weighted by atomic mass is 10.1. The van der Waals surface area contributed by atoms with Crippen LogP contribution in [0.15, 0.2) is 48.5 Å². The molecule has 4 nitrogen and oxygen atoms in total. The van der Waals surface area contributed by atoms with E-state index in [1.54, 1.807) is 24.3 Å². The van der Waals surface area contributed by atoms with Gasteiger partial charge in [-0.15, -0.1) is 0 Å². The molecule has 0 aliphatic carbocycles. The molecule has 0 unspecified atom stereocenters. The molecule has 2 aromatic carbocycles. The Labute approximate surface area is 120 Å². The summed E-state index contributed by atoms with van der Waals surface area (Å²) in [6.45, 7) is -0.121. The van der Waals surface area contributed by atoms with Gasteiger partial charge in [0.15, 0.2) is 11.6 Å². The number of nitrogens with one attached hydrogen (secondary N) is 2. The molecule has 3 N–H and O–H groups in total. The summed E-state index contributed by atoms with van der Waals surface area (Å²) in [7, 11) is 0. The van der Waals surface area contributed by atoms with Crippen molar-refractivity contribution in [3.05, 3.63) is 65.7 Å². The lowest BCUT2D eigenvalue weighted by molar-refractivity contribution is 0.174. The van der Waals surface area contributed by atoms with Crippen molar-refractivity contribution < 1.29 is 18.7 Å². The molecule has 0 radical (unpaired) electrons. The molecule has 21 heavy (non-hydrogen) atoms. The number of halogens is 2. The third kappa shape index (κ3) is 4.25. The van der Waals surface area contributed by atoms with E-state index in [1.165, 1.54) is 6.07 Å². The molecular weight excluding hydrogens is 278 g/mol. The number of hydrogen-bond acceptors (Lipinski definition) is 2. The summed E-state index contributed by atoms with van der Waals surface area (Å²) in [5, 5.41) is 14.8. The zero-order valence-corrected chi connectivity index (χ0v) is 11.0. The van der Waals surface area contributed by atoms with Crippen molar-refractivity contribution in [2.45, 2.75) is 6.10 Å². The van der Waals surface area contributed by atoms with Crippen molar-refractivity contribution >= 4 is 11.7 Å². The van der Waals surface area contributed by atoms with Crippen LogP contribution in [0.1, 0.15) is 11.7 Å². The van der Waals surface area contributed by atoms with Gasteiger partial charge in [0.2, 0.25) is 0 Å². The van der Waals surface area contributed by atoms with Gasteiger partial charge in [-0.3, -0.25) is 0 Å². The molecule has 1 atom stereocenters. The highest BCUT2D eigenvalue weighted by Crippen LogP contribution is 2.15. The lowest BCUT2D eigenvalue weighted by Gasteiger charge is -2.13. The largest absolute Gasteiger partial charge is 0.387 e. The van der Waals surface area contributed by atoms with Crippen LogP contribution in [0.5, 0.6) is 0 Å². The van der Waals surface area contributed by atoms with Gasteiger partial charge in [0.25, 0.3) is 0 Å². The summed E-state index contributed by atoms with van der Waals surface area (Å²) >= 11 is 0. The van der Waals surface area contributed by atoms with Gasteiger partial charge in [0.05, 0.1) is 6.10 Å². The Hall–Kier alpha value is -2.47. The standard InChI is InChI=1S/C15H14F2N2O2/c16-12-7-6-10(8-13(12)17)14(20)9-18-15(21)19-11-4-2-1-3-5-11/h1-8,14,20H,9H2,(H2,18,19,21)/t14-/m0/s1. The summed E-state index contributed by atoms with van der Waals surface area (Å²) in [5.41, 5.74) is 0.797. The fraction of sp³-hybridized carbons (Fsp3) is 0.133. The minimum absolute atomic E-state index is 0.121. The van der Waals surface area contributed by atoms with Crippen LogP contribution in [-0.2, 0) is 0 Å². The zero-order valence-electron chi connectivity index (χ0n) is 11.0. The van der Waals surface area contributed by atoms with E-state index in [4.69, 9.17) is 0 Å². The van der Waals surface area contributed by atoms with Gasteiger partial charge in [-0.25, -0.2) is 13.6 Å². The van der Waals surface area contributed by atoms with Crippen LogP contribution in [0.25, 0.3) is 0 Å². The second-order valence-electron chi connectivity index (χ2n) is 4.39. The number of rotatable bonds is 4. The Morgan fingerprint density at radius 2 is 1.81 bits per heavy atom. The topological polar surface area (TPSA) is 61.4 Å². The van der Waals surface area contributed by atoms with Gasteiger partial charge < -0.3 is 15.7 Å². The lowest BCUT2D eigenvalue weighted by Crippen LogP contribution is -2.32. The van der Waals surface area contributed by atoms with E-state index in [1.807, 2.05) is 6.07 Å². The molecule has 0 fully saturated rings. The van der Waals surface area contributed by atoms with Crippen LogP contribution in [0.3, 0.4) is 0 Å². The highest BCUT2D eigenvalue weighted by atomic mass is 19.2. The number of para-hydroxylation sites is 1. The molecule has 0 heterocycles. The maximum Gasteiger partial charge on any atom is 0.319 e. The van der Waals surface area contributed by atoms with E-state index in [-0.39, 0.29) is 12.1 Å². The Balaban J connectivity index is 1.87. The first-order chi connectivity index (χ1) is 10.1. The molecule has 0 saturated heterocycles. The van der Waals surface area contributed by atoms with Gasteiger partial charge in [-0.1, -0.05) is 24.3 Å². The molecule has 0 saturated carbocycles. The number of urea groups is 1. The van der Waals surface area contributed by atoms with E-state index in [0.29, 0.717) is 5.69 Å². The molecule has 2 rings (SSSR count). The minimum atomic E-state index is -1.12. The van der Waals surface area contributed by atoms with Crippen molar-refractivity contribution in [2.75, 3.05) is 11.9 Å². The Kier molecular flexibility index (Phi) is 4.84. The number of aliphatic hydroxyl groups is 1. The van der Waals surface area contributed by atoms with Gasteiger partial charge in [-0.2, -0.15) is 0 Å². The first kappa shape index (κ1) is 14.9. The molecule has 0 bridgehead atoms. The quantitative estimate of drug-likeness (QED) is 0.811.